The van der Waals surface area contributed by atoms with Gasteiger partial charge in [0, 0.05) is 17.7 Å². The largest absolute Gasteiger partial charge is 1.00 e. The van der Waals surface area contributed by atoms with Crippen molar-refractivity contribution in [3.8, 4) is 11.8 Å². The van der Waals surface area contributed by atoms with Crippen LogP contribution >= 0.6 is 0 Å². The molecular weight excluding hydrogens is 219 g/mol. The molecule has 3 nitrogen and oxygen atoms in total. The SMILES string of the molecule is N#Cc1cccc([NH+]=Cc2ccccc2[O-])c1.[Li-]. The predicted octanol–water partition coefficient (Wildman–Crippen LogP) is 0.0823. The molecule has 0 aliphatic rings. The summed E-state index contributed by atoms with van der Waals surface area (Å²) in [7, 11) is 0. The second-order valence-corrected chi connectivity index (χ2v) is 3.52. The molecule has 2 aromatic carbocycles. The van der Waals surface area contributed by atoms with Gasteiger partial charge in [-0.1, -0.05) is 30.0 Å². The molecule has 1 N–H and O–H groups in total. The molecule has 0 spiro atoms. The van der Waals surface area contributed by atoms with Crippen LogP contribution in [-0.2, 0) is 0 Å². The standard InChI is InChI=1S/C14H10N2O.Li/c15-9-11-4-3-6-13(8-11)16-10-12-5-1-2-7-14(12)17;/h1-8,10,17H;/q;-1. The van der Waals surface area contributed by atoms with Gasteiger partial charge in [-0.15, -0.1) is 0 Å². The van der Waals surface area contributed by atoms with E-state index in [1.807, 2.05) is 6.07 Å². The number of nitriles is 1. The van der Waals surface area contributed by atoms with E-state index in [1.54, 1.807) is 42.6 Å². The van der Waals surface area contributed by atoms with Crippen molar-refractivity contribution in [3.05, 3.63) is 59.7 Å². The summed E-state index contributed by atoms with van der Waals surface area (Å²) in [5, 5.41) is 20.2. The number of hydrogen-bond donors (Lipinski definition) is 1. The summed E-state index contributed by atoms with van der Waals surface area (Å²) < 4.78 is 0. The molecular formula is C14H10LiN2O-. The number of benzene rings is 2. The minimum absolute atomic E-state index is 0. The van der Waals surface area contributed by atoms with E-state index in [-0.39, 0.29) is 24.6 Å². The van der Waals surface area contributed by atoms with E-state index in [0.717, 1.165) is 5.69 Å². The van der Waals surface area contributed by atoms with Crippen molar-refractivity contribution in [2.75, 3.05) is 0 Å². The molecule has 18 heavy (non-hydrogen) atoms. The van der Waals surface area contributed by atoms with Crippen LogP contribution in [0.5, 0.6) is 5.75 Å². The Morgan fingerprint density at radius 1 is 1.11 bits per heavy atom. The maximum atomic E-state index is 11.4. The van der Waals surface area contributed by atoms with E-state index in [2.05, 4.69) is 11.1 Å². The van der Waals surface area contributed by atoms with Crippen molar-refractivity contribution in [2.45, 2.75) is 0 Å². The Morgan fingerprint density at radius 3 is 2.61 bits per heavy atom. The molecule has 0 atom stereocenters. The molecule has 0 fully saturated rings. The summed E-state index contributed by atoms with van der Waals surface area (Å²) >= 11 is 0. The van der Waals surface area contributed by atoms with E-state index in [9.17, 15) is 5.11 Å². The second kappa shape index (κ2) is 6.66. The van der Waals surface area contributed by atoms with Crippen molar-refractivity contribution >= 4 is 30.8 Å². The molecule has 0 saturated heterocycles. The van der Waals surface area contributed by atoms with Gasteiger partial charge in [0.05, 0.1) is 11.6 Å². The Balaban J connectivity index is 0.00000162. The smallest absolute Gasteiger partial charge is 0.204 e. The molecule has 0 amide bonds. The van der Waals surface area contributed by atoms with Gasteiger partial charge in [-0.3, -0.25) is 0 Å². The summed E-state index contributed by atoms with van der Waals surface area (Å²) in [6, 6.07) is 15.9. The van der Waals surface area contributed by atoms with Gasteiger partial charge in [-0.2, -0.15) is 5.26 Å². The van der Waals surface area contributed by atoms with Gasteiger partial charge < -0.3 is 24.0 Å². The molecule has 0 saturated carbocycles. The molecule has 0 aliphatic heterocycles. The van der Waals surface area contributed by atoms with Gasteiger partial charge in [-0.05, 0) is 12.1 Å². The third-order valence-corrected chi connectivity index (χ3v) is 2.31. The molecule has 0 heterocycles. The zero-order valence-corrected chi connectivity index (χ0v) is 10.1. The first-order valence-electron chi connectivity index (χ1n) is 5.15. The van der Waals surface area contributed by atoms with Crippen LogP contribution in [0.2, 0.25) is 0 Å². The Hall–Kier alpha value is -2.00. The van der Waals surface area contributed by atoms with Crippen molar-refractivity contribution in [1.82, 2.24) is 0 Å². The second-order valence-electron chi connectivity index (χ2n) is 3.52. The summed E-state index contributed by atoms with van der Waals surface area (Å²) in [4.78, 5) is 3.00. The number of hydrogen-bond acceptors (Lipinski definition) is 2. The Kier molecular flexibility index (Phi) is 5.21. The molecule has 84 valence electrons. The summed E-state index contributed by atoms with van der Waals surface area (Å²) in [6.07, 6.45) is 1.64. The van der Waals surface area contributed by atoms with Crippen molar-refractivity contribution in [1.29, 1.82) is 5.26 Å². The van der Waals surface area contributed by atoms with Crippen LogP contribution in [0, 0.1) is 11.3 Å². The first-order valence-corrected chi connectivity index (χ1v) is 5.15. The number of rotatable bonds is 2. The molecule has 4 heteroatoms. The first kappa shape index (κ1) is 14.1. The molecule has 0 unspecified atom stereocenters. The molecule has 2 rings (SSSR count). The van der Waals surface area contributed by atoms with Crippen LogP contribution in [0.4, 0.5) is 5.69 Å². The van der Waals surface area contributed by atoms with Gasteiger partial charge in [0.2, 0.25) is 5.69 Å². The third kappa shape index (κ3) is 3.50. The summed E-state index contributed by atoms with van der Waals surface area (Å²) in [5.41, 5.74) is 1.96. The van der Waals surface area contributed by atoms with Crippen molar-refractivity contribution in [3.63, 3.8) is 0 Å². The fourth-order valence-corrected chi connectivity index (χ4v) is 1.44. The van der Waals surface area contributed by atoms with Gasteiger partial charge >= 0.3 is 0 Å². The zero-order valence-electron chi connectivity index (χ0n) is 10.1. The van der Waals surface area contributed by atoms with Crippen LogP contribution < -0.4 is 10.1 Å². The van der Waals surface area contributed by atoms with Gasteiger partial charge in [0.1, 0.15) is 0 Å². The van der Waals surface area contributed by atoms with Gasteiger partial charge in [-0.25, -0.2) is 4.99 Å². The van der Waals surface area contributed by atoms with E-state index in [0.29, 0.717) is 11.1 Å². The minimum atomic E-state index is -0.0311. The number of nitrogens with one attached hydrogen (secondary N) is 1. The van der Waals surface area contributed by atoms with Crippen LogP contribution in [0.3, 0.4) is 0 Å². The van der Waals surface area contributed by atoms with Gasteiger partial charge in [0.25, 0.3) is 0 Å². The Labute approximate surface area is 118 Å². The average molecular weight is 229 g/mol. The third-order valence-electron chi connectivity index (χ3n) is 2.31. The van der Waals surface area contributed by atoms with Crippen LogP contribution in [0.1, 0.15) is 11.1 Å². The van der Waals surface area contributed by atoms with E-state index in [4.69, 9.17) is 5.26 Å². The Morgan fingerprint density at radius 2 is 1.89 bits per heavy atom. The fraction of sp³-hybridized carbons (Fsp3) is 0. The van der Waals surface area contributed by atoms with Crippen LogP contribution in [-0.4, -0.2) is 25.1 Å². The first-order chi connectivity index (χ1) is 8.29. The monoisotopic (exact) mass is 229 g/mol. The average Bonchev–Trinajstić information content (AvgIpc) is 2.38. The molecule has 0 bridgehead atoms. The molecule has 0 aliphatic carbocycles. The molecule has 0 aromatic heterocycles. The fourth-order valence-electron chi connectivity index (χ4n) is 1.44. The quantitative estimate of drug-likeness (QED) is 0.585. The summed E-state index contributed by atoms with van der Waals surface area (Å²) in [5.74, 6) is -0.0311. The molecule has 2 radical (unpaired) electrons. The van der Waals surface area contributed by atoms with E-state index < -0.39 is 0 Å². The van der Waals surface area contributed by atoms with Crippen molar-refractivity contribution < 1.29 is 10.1 Å². The van der Waals surface area contributed by atoms with E-state index >= 15 is 0 Å². The normalized spacial score (nSPS) is 9.72. The summed E-state index contributed by atoms with van der Waals surface area (Å²) in [6.45, 7) is 0. The van der Waals surface area contributed by atoms with Gasteiger partial charge in [0.15, 0.2) is 6.21 Å². The maximum Gasteiger partial charge on any atom is 0.204 e. The Bertz CT molecular complexity index is 603. The van der Waals surface area contributed by atoms with Crippen LogP contribution in [0.25, 0.3) is 0 Å². The van der Waals surface area contributed by atoms with Crippen LogP contribution in [0.15, 0.2) is 48.5 Å². The van der Waals surface area contributed by atoms with Crippen molar-refractivity contribution in [2.24, 2.45) is 0 Å². The zero-order chi connectivity index (χ0) is 12.1. The minimum Gasteiger partial charge on any atom is -1.00 e. The van der Waals surface area contributed by atoms with E-state index in [1.165, 1.54) is 6.07 Å². The maximum absolute atomic E-state index is 11.4. The topological polar surface area (TPSA) is 60.8 Å². The predicted molar refractivity (Wildman–Crippen MR) is 68.6 cm³/mol. The molecule has 2 aromatic rings. The number of nitrogens with zero attached hydrogens (tertiary/aromatic N) is 1. The number of para-hydroxylation sites is 1.